The molecule has 2 heterocycles. The first kappa shape index (κ1) is 23.8. The van der Waals surface area contributed by atoms with Gasteiger partial charge >= 0.3 is 6.18 Å². The van der Waals surface area contributed by atoms with E-state index in [0.29, 0.717) is 5.75 Å². The fraction of sp³-hybridized carbons (Fsp3) is 0.458. The molecular weight excluding hydrogens is 451 g/mol. The third-order valence-electron chi connectivity index (χ3n) is 6.49. The average Bonchev–Trinajstić information content (AvgIpc) is 3.22. The van der Waals surface area contributed by atoms with Crippen molar-refractivity contribution in [3.05, 3.63) is 41.2 Å². The highest BCUT2D eigenvalue weighted by atomic mass is 19.4. The highest BCUT2D eigenvalue weighted by molar-refractivity contribution is 6.13. The van der Waals surface area contributed by atoms with Gasteiger partial charge in [-0.05, 0) is 36.0 Å². The van der Waals surface area contributed by atoms with Crippen LogP contribution in [-0.2, 0) is 20.8 Å². The Morgan fingerprint density at radius 2 is 1.94 bits per heavy atom. The first-order valence-corrected chi connectivity index (χ1v) is 10.9. The number of ether oxygens (including phenoxy) is 1. The Hall–Kier alpha value is -3.30. The molecule has 1 atom stereocenters. The van der Waals surface area contributed by atoms with Gasteiger partial charge in [0.05, 0.1) is 12.7 Å². The molecule has 0 saturated heterocycles. The second-order valence-electron chi connectivity index (χ2n) is 9.62. The van der Waals surface area contributed by atoms with Gasteiger partial charge in [0.1, 0.15) is 5.75 Å². The van der Waals surface area contributed by atoms with Crippen molar-refractivity contribution in [3.63, 3.8) is 0 Å². The zero-order valence-electron chi connectivity index (χ0n) is 19.4. The maximum Gasteiger partial charge on any atom is 0.425 e. The molecule has 34 heavy (non-hydrogen) atoms. The lowest BCUT2D eigenvalue weighted by atomic mass is 9.72. The Labute approximate surface area is 194 Å². The average molecular weight is 477 g/mol. The van der Waals surface area contributed by atoms with E-state index in [1.54, 1.807) is 39.3 Å². The van der Waals surface area contributed by atoms with Gasteiger partial charge in [-0.25, -0.2) is 0 Å². The summed E-state index contributed by atoms with van der Waals surface area (Å²) < 4.78 is 48.6. The molecule has 0 spiro atoms. The molecule has 0 fully saturated rings. The second-order valence-corrected chi connectivity index (χ2v) is 9.62. The van der Waals surface area contributed by atoms with Crippen LogP contribution in [0.3, 0.4) is 0 Å². The van der Waals surface area contributed by atoms with Crippen molar-refractivity contribution < 1.29 is 32.3 Å². The van der Waals surface area contributed by atoms with Crippen molar-refractivity contribution >= 4 is 28.5 Å². The van der Waals surface area contributed by atoms with Gasteiger partial charge in [-0.2, -0.15) is 13.2 Å². The molecule has 1 aromatic heterocycles. The van der Waals surface area contributed by atoms with Gasteiger partial charge in [-0.3, -0.25) is 14.4 Å². The Morgan fingerprint density at radius 1 is 1.24 bits per heavy atom. The fourth-order valence-electron chi connectivity index (χ4n) is 5.06. The lowest BCUT2D eigenvalue weighted by Crippen LogP contribution is -2.66. The molecule has 7 nitrogen and oxygen atoms in total. The Bertz CT molecular complexity index is 1230. The number of H-pyrrole nitrogens is 1. The summed E-state index contributed by atoms with van der Waals surface area (Å²) >= 11 is 0. The van der Waals surface area contributed by atoms with Crippen molar-refractivity contribution in [1.82, 2.24) is 15.2 Å². The molecule has 2 N–H and O–H groups in total. The van der Waals surface area contributed by atoms with Gasteiger partial charge in [-0.1, -0.05) is 13.8 Å². The largest absolute Gasteiger partial charge is 0.497 e. The maximum atomic E-state index is 14.5. The third kappa shape index (κ3) is 3.65. The molecule has 182 valence electrons. The first-order valence-electron chi connectivity index (χ1n) is 10.9. The molecule has 1 unspecified atom stereocenters. The standard InChI is InChI=1S/C24H26F3N3O4/c1-13(31)29-23(24(25,26)27)20-18(10-22(2,3)11-19(20)32)30(21(23)33)8-7-14-12-28-17-9-15(34-4)5-6-16(14)17/h5-6,9,12,28H,7-8,10-11H2,1-4H3,(H,29,31). The topological polar surface area (TPSA) is 91.5 Å². The zero-order chi connectivity index (χ0) is 25.1. The van der Waals surface area contributed by atoms with Crippen LogP contribution in [0.5, 0.6) is 5.75 Å². The van der Waals surface area contributed by atoms with E-state index in [4.69, 9.17) is 4.74 Å². The van der Waals surface area contributed by atoms with E-state index in [2.05, 4.69) is 4.98 Å². The monoisotopic (exact) mass is 477 g/mol. The van der Waals surface area contributed by atoms with Crippen LogP contribution in [0.2, 0.25) is 0 Å². The predicted octanol–water partition coefficient (Wildman–Crippen LogP) is 3.64. The van der Waals surface area contributed by atoms with Crippen molar-refractivity contribution in [2.45, 2.75) is 51.7 Å². The number of hydrogen-bond donors (Lipinski definition) is 2. The summed E-state index contributed by atoms with van der Waals surface area (Å²) in [4.78, 5) is 42.4. The zero-order valence-corrected chi connectivity index (χ0v) is 19.4. The second kappa shape index (κ2) is 7.89. The van der Waals surface area contributed by atoms with Gasteiger partial charge in [-0.15, -0.1) is 0 Å². The highest BCUT2D eigenvalue weighted by Crippen LogP contribution is 2.51. The number of aromatic nitrogens is 1. The molecular formula is C24H26F3N3O4. The van der Waals surface area contributed by atoms with E-state index in [1.165, 1.54) is 0 Å². The van der Waals surface area contributed by atoms with Gasteiger partial charge in [0, 0.05) is 48.8 Å². The molecule has 0 bridgehead atoms. The number of Topliss-reactive ketones (excluding diaryl/α,β-unsaturated/α-hetero) is 1. The summed E-state index contributed by atoms with van der Waals surface area (Å²) in [6.45, 7) is 4.38. The van der Waals surface area contributed by atoms with Crippen LogP contribution in [0.15, 0.2) is 35.7 Å². The molecule has 4 rings (SSSR count). The normalized spacial score (nSPS) is 22.4. The summed E-state index contributed by atoms with van der Waals surface area (Å²) in [5.41, 5.74) is -3.00. The Balaban J connectivity index is 1.76. The minimum absolute atomic E-state index is 0.0406. The SMILES string of the molecule is COc1ccc2c(CCN3C(=O)C(NC(C)=O)(C(F)(F)F)C4=C3CC(C)(C)CC4=O)c[nH]c2c1. The molecule has 1 aliphatic carbocycles. The Morgan fingerprint density at radius 3 is 2.56 bits per heavy atom. The predicted molar refractivity (Wildman–Crippen MR) is 118 cm³/mol. The van der Waals surface area contributed by atoms with Crippen LogP contribution >= 0.6 is 0 Å². The van der Waals surface area contributed by atoms with E-state index in [-0.39, 0.29) is 31.5 Å². The van der Waals surface area contributed by atoms with Gasteiger partial charge in [0.15, 0.2) is 5.78 Å². The van der Waals surface area contributed by atoms with E-state index in [9.17, 15) is 27.6 Å². The number of amides is 2. The molecule has 2 aliphatic rings. The van der Waals surface area contributed by atoms with Crippen LogP contribution in [0.1, 0.15) is 39.2 Å². The number of nitrogens with zero attached hydrogens (tertiary/aromatic N) is 1. The summed E-state index contributed by atoms with van der Waals surface area (Å²) in [5.74, 6) is -2.50. The molecule has 0 saturated carbocycles. The lowest BCUT2D eigenvalue weighted by Gasteiger charge is -2.35. The number of fused-ring (bicyclic) bond motifs is 1. The molecule has 10 heteroatoms. The maximum absolute atomic E-state index is 14.5. The van der Waals surface area contributed by atoms with Crippen molar-refractivity contribution in [2.24, 2.45) is 5.41 Å². The third-order valence-corrected chi connectivity index (χ3v) is 6.49. The molecule has 2 amide bonds. The number of aromatic amines is 1. The highest BCUT2D eigenvalue weighted by Gasteiger charge is 2.71. The number of rotatable bonds is 5. The number of alkyl halides is 3. The molecule has 1 aromatic carbocycles. The van der Waals surface area contributed by atoms with Crippen LogP contribution in [-0.4, -0.2) is 52.9 Å². The number of benzene rings is 1. The number of halogens is 3. The number of ketones is 1. The van der Waals surface area contributed by atoms with Crippen LogP contribution in [0.25, 0.3) is 10.9 Å². The number of carbonyl (C=O) groups is 3. The van der Waals surface area contributed by atoms with E-state index >= 15 is 0 Å². The van der Waals surface area contributed by atoms with Crippen LogP contribution in [0, 0.1) is 5.41 Å². The van der Waals surface area contributed by atoms with Crippen molar-refractivity contribution in [1.29, 1.82) is 0 Å². The lowest BCUT2D eigenvalue weighted by molar-refractivity contribution is -0.194. The summed E-state index contributed by atoms with van der Waals surface area (Å²) in [7, 11) is 1.55. The molecule has 2 aromatic rings. The fourth-order valence-corrected chi connectivity index (χ4v) is 5.06. The summed E-state index contributed by atoms with van der Waals surface area (Å²) in [5, 5.41) is 2.67. The smallest absolute Gasteiger partial charge is 0.425 e. The van der Waals surface area contributed by atoms with Crippen LogP contribution < -0.4 is 10.1 Å². The number of nitrogens with one attached hydrogen (secondary N) is 2. The molecule has 0 radical (unpaired) electrons. The molecule has 1 aliphatic heterocycles. The summed E-state index contributed by atoms with van der Waals surface area (Å²) in [6, 6.07) is 5.41. The number of carbonyl (C=O) groups excluding carboxylic acids is 3. The quantitative estimate of drug-likeness (QED) is 0.688. The first-order chi connectivity index (χ1) is 15.8. The minimum atomic E-state index is -5.18. The van der Waals surface area contributed by atoms with Crippen LogP contribution in [0.4, 0.5) is 13.2 Å². The number of hydrogen-bond acceptors (Lipinski definition) is 4. The number of allylic oxidation sites excluding steroid dienone is 1. The minimum Gasteiger partial charge on any atom is -0.497 e. The van der Waals surface area contributed by atoms with Crippen molar-refractivity contribution in [2.75, 3.05) is 13.7 Å². The summed E-state index contributed by atoms with van der Waals surface area (Å²) in [6.07, 6.45) is -3.23. The van der Waals surface area contributed by atoms with Gasteiger partial charge in [0.2, 0.25) is 11.4 Å². The van der Waals surface area contributed by atoms with Gasteiger partial charge < -0.3 is 19.9 Å². The van der Waals surface area contributed by atoms with E-state index in [0.717, 1.165) is 28.3 Å². The number of methoxy groups -OCH3 is 1. The Kier molecular flexibility index (Phi) is 5.53. The van der Waals surface area contributed by atoms with Crippen molar-refractivity contribution in [3.8, 4) is 5.75 Å². The van der Waals surface area contributed by atoms with Gasteiger partial charge in [0.25, 0.3) is 5.91 Å². The van der Waals surface area contributed by atoms with E-state index < -0.39 is 40.3 Å². The van der Waals surface area contributed by atoms with E-state index in [1.807, 2.05) is 11.4 Å².